The van der Waals surface area contributed by atoms with E-state index in [4.69, 9.17) is 4.74 Å². The van der Waals surface area contributed by atoms with Crippen molar-refractivity contribution in [2.75, 3.05) is 13.6 Å². The minimum Gasteiger partial charge on any atom is -0.455 e. The maximum absolute atomic E-state index is 6.06. The van der Waals surface area contributed by atoms with Crippen LogP contribution in [0.25, 0.3) is 0 Å². The van der Waals surface area contributed by atoms with Gasteiger partial charge in [-0.25, -0.2) is 0 Å². The zero-order valence-corrected chi connectivity index (χ0v) is 11.3. The summed E-state index contributed by atoms with van der Waals surface area (Å²) >= 11 is 0. The topological polar surface area (TPSA) is 34.2 Å². The predicted molar refractivity (Wildman–Crippen MR) is 75.8 cm³/mol. The quantitative estimate of drug-likeness (QED) is 0.893. The van der Waals surface area contributed by atoms with E-state index in [2.05, 4.69) is 29.4 Å². The van der Waals surface area contributed by atoms with Crippen LogP contribution in [-0.4, -0.2) is 18.6 Å². The molecule has 0 aliphatic carbocycles. The van der Waals surface area contributed by atoms with Crippen LogP contribution in [-0.2, 0) is 0 Å². The molecule has 1 aliphatic heterocycles. The number of fused-ring (bicyclic) bond motifs is 2. The molecule has 0 saturated carbocycles. The van der Waals surface area contributed by atoms with Crippen LogP contribution in [0.1, 0.15) is 30.0 Å². The van der Waals surface area contributed by atoms with E-state index in [1.807, 2.05) is 37.5 Å². The van der Waals surface area contributed by atoms with Crippen molar-refractivity contribution in [2.24, 2.45) is 0 Å². The smallest absolute Gasteiger partial charge is 0.149 e. The minimum atomic E-state index is 0.324. The van der Waals surface area contributed by atoms with Gasteiger partial charge in [-0.2, -0.15) is 0 Å². The Balaban J connectivity index is 2.15. The lowest BCUT2D eigenvalue weighted by Gasteiger charge is -2.21. The third-order valence-electron chi connectivity index (χ3n) is 3.81. The number of benzene rings is 1. The molecule has 3 nitrogen and oxygen atoms in total. The molecule has 3 heteroatoms. The number of rotatable bonds is 2. The van der Waals surface area contributed by atoms with Crippen LogP contribution >= 0.6 is 0 Å². The van der Waals surface area contributed by atoms with Crippen molar-refractivity contribution in [2.45, 2.75) is 18.8 Å². The molecule has 2 heterocycles. The lowest BCUT2D eigenvalue weighted by Crippen LogP contribution is -2.22. The van der Waals surface area contributed by atoms with Gasteiger partial charge in [0, 0.05) is 18.7 Å². The first-order chi connectivity index (χ1) is 9.31. The summed E-state index contributed by atoms with van der Waals surface area (Å²) in [4.78, 5) is 4.55. The van der Waals surface area contributed by atoms with Crippen LogP contribution < -0.4 is 10.1 Å². The van der Waals surface area contributed by atoms with Gasteiger partial charge < -0.3 is 10.1 Å². The van der Waals surface area contributed by atoms with Crippen LogP contribution in [0, 0.1) is 0 Å². The van der Waals surface area contributed by atoms with Crippen molar-refractivity contribution >= 4 is 0 Å². The average molecular weight is 254 g/mol. The van der Waals surface area contributed by atoms with Gasteiger partial charge in [0.1, 0.15) is 11.5 Å². The van der Waals surface area contributed by atoms with E-state index >= 15 is 0 Å². The molecule has 0 fully saturated rings. The third-order valence-corrected chi connectivity index (χ3v) is 3.81. The molecule has 3 rings (SSSR count). The molecule has 19 heavy (non-hydrogen) atoms. The number of likely N-dealkylation sites (N-methyl/N-ethyl adjacent to an activating group) is 1. The monoisotopic (exact) mass is 254 g/mol. The zero-order valence-electron chi connectivity index (χ0n) is 11.3. The van der Waals surface area contributed by atoms with Gasteiger partial charge >= 0.3 is 0 Å². The van der Waals surface area contributed by atoms with Crippen molar-refractivity contribution in [3.05, 3.63) is 53.9 Å². The molecule has 2 atom stereocenters. The van der Waals surface area contributed by atoms with Crippen molar-refractivity contribution in [1.82, 2.24) is 10.3 Å². The first-order valence-corrected chi connectivity index (χ1v) is 6.67. The largest absolute Gasteiger partial charge is 0.455 e. The Hall–Kier alpha value is -1.87. The first-order valence-electron chi connectivity index (χ1n) is 6.67. The molecular formula is C16H18N2O. The second-order valence-electron chi connectivity index (χ2n) is 4.98. The number of para-hydroxylation sites is 1. The highest BCUT2D eigenvalue weighted by Gasteiger charge is 2.30. The summed E-state index contributed by atoms with van der Waals surface area (Å²) in [6, 6.07) is 12.2. The number of hydrogen-bond acceptors (Lipinski definition) is 3. The first kappa shape index (κ1) is 12.2. The number of nitrogens with one attached hydrogen (secondary N) is 1. The summed E-state index contributed by atoms with van der Waals surface area (Å²) in [6.07, 6.45) is 1.84. The molecule has 0 unspecified atom stereocenters. The summed E-state index contributed by atoms with van der Waals surface area (Å²) in [5.74, 6) is 2.52. The van der Waals surface area contributed by atoms with Crippen LogP contribution in [0.2, 0.25) is 0 Å². The van der Waals surface area contributed by atoms with Gasteiger partial charge in [-0.05, 0) is 36.7 Å². The zero-order chi connectivity index (χ0) is 13.2. The van der Waals surface area contributed by atoms with Gasteiger partial charge in [-0.15, -0.1) is 0 Å². The highest BCUT2D eigenvalue weighted by molar-refractivity contribution is 5.46. The summed E-state index contributed by atoms with van der Waals surface area (Å²) in [5, 5.41) is 3.27. The summed E-state index contributed by atoms with van der Waals surface area (Å²) in [7, 11) is 1.98. The molecule has 2 aromatic rings. The number of ether oxygens (including phenoxy) is 1. The Labute approximate surface area is 113 Å². The molecule has 0 bridgehead atoms. The van der Waals surface area contributed by atoms with E-state index in [1.54, 1.807) is 0 Å². The van der Waals surface area contributed by atoms with E-state index in [1.165, 1.54) is 5.56 Å². The van der Waals surface area contributed by atoms with Crippen LogP contribution in [0.4, 0.5) is 0 Å². The fourth-order valence-corrected chi connectivity index (χ4v) is 2.78. The molecule has 1 aromatic carbocycles. The average Bonchev–Trinajstić information content (AvgIpc) is 2.56. The van der Waals surface area contributed by atoms with Gasteiger partial charge in [0.25, 0.3) is 0 Å². The fourth-order valence-electron chi connectivity index (χ4n) is 2.78. The molecule has 0 spiro atoms. The summed E-state index contributed by atoms with van der Waals surface area (Å²) < 4.78 is 6.06. The normalized spacial score (nSPS) is 20.9. The van der Waals surface area contributed by atoms with E-state index in [0.29, 0.717) is 11.8 Å². The maximum atomic E-state index is 6.06. The lowest BCUT2D eigenvalue weighted by atomic mass is 9.85. The third kappa shape index (κ3) is 2.10. The van der Waals surface area contributed by atoms with Crippen molar-refractivity contribution in [1.29, 1.82) is 0 Å². The number of nitrogens with zero attached hydrogens (tertiary/aromatic N) is 1. The highest BCUT2D eigenvalue weighted by Crippen LogP contribution is 2.44. The van der Waals surface area contributed by atoms with Crippen molar-refractivity contribution in [3.8, 4) is 11.5 Å². The number of hydrogen-bond donors (Lipinski definition) is 1. The molecular weight excluding hydrogens is 236 g/mol. The van der Waals surface area contributed by atoms with Crippen molar-refractivity contribution < 1.29 is 4.74 Å². The summed E-state index contributed by atoms with van der Waals surface area (Å²) in [5.41, 5.74) is 2.29. The van der Waals surface area contributed by atoms with Crippen LogP contribution in [0.15, 0.2) is 42.6 Å². The fraction of sp³-hybridized carbons (Fsp3) is 0.312. The predicted octanol–water partition coefficient (Wildman–Crippen LogP) is 3.29. The molecule has 0 saturated heterocycles. The van der Waals surface area contributed by atoms with E-state index < -0.39 is 0 Å². The van der Waals surface area contributed by atoms with E-state index in [9.17, 15) is 0 Å². The van der Waals surface area contributed by atoms with E-state index in [-0.39, 0.29) is 0 Å². The second-order valence-corrected chi connectivity index (χ2v) is 4.98. The maximum Gasteiger partial charge on any atom is 0.149 e. The minimum absolute atomic E-state index is 0.324. The van der Waals surface area contributed by atoms with Gasteiger partial charge in [0.2, 0.25) is 0 Å². The molecule has 98 valence electrons. The van der Waals surface area contributed by atoms with Crippen LogP contribution in [0.5, 0.6) is 11.5 Å². The Bertz CT molecular complexity index is 582. The SMILES string of the molecule is CNC[C@H]1c2ncccc2Oc2ccccc2[C@H]1C. The second kappa shape index (κ2) is 5.02. The molecule has 1 aromatic heterocycles. The number of aromatic nitrogens is 1. The Kier molecular flexibility index (Phi) is 3.22. The molecule has 0 amide bonds. The van der Waals surface area contributed by atoms with Gasteiger partial charge in [0.15, 0.2) is 0 Å². The molecule has 1 N–H and O–H groups in total. The lowest BCUT2D eigenvalue weighted by molar-refractivity contribution is 0.473. The van der Waals surface area contributed by atoms with Gasteiger partial charge in [-0.3, -0.25) is 4.98 Å². The Morgan fingerprint density at radius 1 is 1.16 bits per heavy atom. The number of pyridine rings is 1. The Morgan fingerprint density at radius 3 is 2.79 bits per heavy atom. The van der Waals surface area contributed by atoms with Crippen LogP contribution in [0.3, 0.4) is 0 Å². The van der Waals surface area contributed by atoms with E-state index in [0.717, 1.165) is 23.7 Å². The summed E-state index contributed by atoms with van der Waals surface area (Å²) in [6.45, 7) is 3.14. The standard InChI is InChI=1S/C16H18N2O/c1-11-12-6-3-4-7-14(12)19-15-8-5-9-18-16(15)13(11)10-17-2/h3-9,11,13,17H,10H2,1-2H3/t11-,13-/m1/s1. The highest BCUT2D eigenvalue weighted by atomic mass is 16.5. The Morgan fingerprint density at radius 2 is 1.95 bits per heavy atom. The molecule has 1 aliphatic rings. The van der Waals surface area contributed by atoms with Crippen molar-refractivity contribution in [3.63, 3.8) is 0 Å². The van der Waals surface area contributed by atoms with Gasteiger partial charge in [0.05, 0.1) is 5.69 Å². The molecule has 0 radical (unpaired) electrons. The van der Waals surface area contributed by atoms with Gasteiger partial charge in [-0.1, -0.05) is 25.1 Å².